The van der Waals surface area contributed by atoms with Gasteiger partial charge in [0, 0.05) is 0 Å². The molecule has 0 aliphatic heterocycles. The van der Waals surface area contributed by atoms with Crippen LogP contribution in [0.15, 0.2) is 54.6 Å². The third-order valence-electron chi connectivity index (χ3n) is 2.72. The molecule has 0 saturated carbocycles. The minimum Gasteiger partial charge on any atom is -0.319 e. The average Bonchev–Trinajstić information content (AvgIpc) is 2.38. The van der Waals surface area contributed by atoms with Crippen LogP contribution in [0.1, 0.15) is 5.56 Å². The predicted octanol–water partition coefficient (Wildman–Crippen LogP) is 3.12. The highest BCUT2D eigenvalue weighted by Crippen LogP contribution is 2.19. The number of hydrogen-bond donors (Lipinski definition) is 1. The monoisotopic (exact) mass is 211 g/mol. The molecule has 0 saturated heterocycles. The first kappa shape index (κ1) is 10.9. The summed E-state index contributed by atoms with van der Waals surface area (Å²) in [5.41, 5.74) is 3.95. The summed E-state index contributed by atoms with van der Waals surface area (Å²) in [6, 6.07) is 19.3. The standard InChI is InChI=1S/C15H17N/c1-16-12-11-13-7-9-15(10-8-13)14-5-3-2-4-6-14/h2-10,16H,11-12H2,1H3. The molecule has 0 amide bonds. The molecule has 82 valence electrons. The number of likely N-dealkylation sites (N-methyl/N-ethyl adjacent to an activating group) is 1. The molecule has 0 heterocycles. The molecular weight excluding hydrogens is 194 g/mol. The van der Waals surface area contributed by atoms with Gasteiger partial charge in [0.1, 0.15) is 0 Å². The molecule has 0 bridgehead atoms. The Bertz CT molecular complexity index is 417. The molecule has 0 aromatic heterocycles. The van der Waals surface area contributed by atoms with Gasteiger partial charge in [0.15, 0.2) is 0 Å². The van der Waals surface area contributed by atoms with Gasteiger partial charge in [-0.25, -0.2) is 0 Å². The molecule has 0 aliphatic carbocycles. The van der Waals surface area contributed by atoms with Crippen molar-refractivity contribution >= 4 is 0 Å². The van der Waals surface area contributed by atoms with Crippen LogP contribution in [0.3, 0.4) is 0 Å². The zero-order chi connectivity index (χ0) is 11.2. The van der Waals surface area contributed by atoms with Crippen LogP contribution in [0.5, 0.6) is 0 Å². The minimum absolute atomic E-state index is 1.03. The lowest BCUT2D eigenvalue weighted by Crippen LogP contribution is -2.10. The Kier molecular flexibility index (Phi) is 3.73. The molecule has 2 aromatic rings. The van der Waals surface area contributed by atoms with Crippen LogP contribution in [0, 0.1) is 0 Å². The Hall–Kier alpha value is -1.60. The molecule has 0 fully saturated rings. The Morgan fingerprint density at radius 3 is 2.06 bits per heavy atom. The van der Waals surface area contributed by atoms with Gasteiger partial charge in [0.2, 0.25) is 0 Å². The van der Waals surface area contributed by atoms with E-state index in [-0.39, 0.29) is 0 Å². The summed E-state index contributed by atoms with van der Waals surface area (Å²) in [5.74, 6) is 0. The fourth-order valence-electron chi connectivity index (χ4n) is 1.76. The lowest BCUT2D eigenvalue weighted by atomic mass is 10.0. The summed E-state index contributed by atoms with van der Waals surface area (Å²) in [7, 11) is 1.98. The summed E-state index contributed by atoms with van der Waals surface area (Å²) in [5, 5.41) is 3.16. The molecule has 0 atom stereocenters. The van der Waals surface area contributed by atoms with Crippen LogP contribution >= 0.6 is 0 Å². The molecule has 16 heavy (non-hydrogen) atoms. The molecule has 2 aromatic carbocycles. The van der Waals surface area contributed by atoms with Gasteiger partial charge in [-0.1, -0.05) is 54.6 Å². The van der Waals surface area contributed by atoms with Gasteiger partial charge in [-0.2, -0.15) is 0 Å². The van der Waals surface area contributed by atoms with E-state index in [1.165, 1.54) is 16.7 Å². The molecule has 0 unspecified atom stereocenters. The van der Waals surface area contributed by atoms with Crippen LogP contribution in [0.2, 0.25) is 0 Å². The van der Waals surface area contributed by atoms with Gasteiger partial charge >= 0.3 is 0 Å². The number of nitrogens with one attached hydrogen (secondary N) is 1. The van der Waals surface area contributed by atoms with Gasteiger partial charge in [0.05, 0.1) is 0 Å². The molecule has 0 spiro atoms. The lowest BCUT2D eigenvalue weighted by Gasteiger charge is -2.04. The predicted molar refractivity (Wildman–Crippen MR) is 69.5 cm³/mol. The molecular formula is C15H17N. The van der Waals surface area contributed by atoms with Crippen molar-refractivity contribution < 1.29 is 0 Å². The molecule has 1 heteroatoms. The minimum atomic E-state index is 1.03. The average molecular weight is 211 g/mol. The van der Waals surface area contributed by atoms with E-state index >= 15 is 0 Å². The summed E-state index contributed by atoms with van der Waals surface area (Å²) in [6.07, 6.45) is 1.09. The summed E-state index contributed by atoms with van der Waals surface area (Å²) < 4.78 is 0. The van der Waals surface area contributed by atoms with Crippen molar-refractivity contribution in [2.24, 2.45) is 0 Å². The van der Waals surface area contributed by atoms with E-state index < -0.39 is 0 Å². The third-order valence-corrected chi connectivity index (χ3v) is 2.72. The maximum Gasteiger partial charge on any atom is -0.00114 e. The Balaban J connectivity index is 2.13. The van der Waals surface area contributed by atoms with Gasteiger partial charge in [-0.3, -0.25) is 0 Å². The van der Waals surface area contributed by atoms with Crippen molar-refractivity contribution in [3.63, 3.8) is 0 Å². The Morgan fingerprint density at radius 2 is 1.44 bits per heavy atom. The van der Waals surface area contributed by atoms with Crippen molar-refractivity contribution in [2.45, 2.75) is 6.42 Å². The lowest BCUT2D eigenvalue weighted by molar-refractivity contribution is 0.792. The zero-order valence-corrected chi connectivity index (χ0v) is 9.61. The first-order valence-corrected chi connectivity index (χ1v) is 5.69. The van der Waals surface area contributed by atoms with E-state index in [0.717, 1.165) is 13.0 Å². The van der Waals surface area contributed by atoms with E-state index in [0.29, 0.717) is 0 Å². The smallest absolute Gasteiger partial charge is 0.00114 e. The topological polar surface area (TPSA) is 12.0 Å². The Morgan fingerprint density at radius 1 is 0.812 bits per heavy atom. The van der Waals surface area contributed by atoms with Gasteiger partial charge in [-0.15, -0.1) is 0 Å². The summed E-state index contributed by atoms with van der Waals surface area (Å²) >= 11 is 0. The molecule has 2 rings (SSSR count). The fraction of sp³-hybridized carbons (Fsp3) is 0.200. The molecule has 0 aliphatic rings. The van der Waals surface area contributed by atoms with E-state index in [9.17, 15) is 0 Å². The number of benzene rings is 2. The van der Waals surface area contributed by atoms with Crippen molar-refractivity contribution in [1.29, 1.82) is 0 Å². The van der Waals surface area contributed by atoms with Crippen LogP contribution in [-0.2, 0) is 6.42 Å². The first-order chi connectivity index (χ1) is 7.90. The SMILES string of the molecule is CNCCc1ccc(-c2ccccc2)cc1. The van der Waals surface area contributed by atoms with Crippen LogP contribution in [0.25, 0.3) is 11.1 Å². The maximum atomic E-state index is 3.16. The molecule has 1 nitrogen and oxygen atoms in total. The van der Waals surface area contributed by atoms with Gasteiger partial charge < -0.3 is 5.32 Å². The highest BCUT2D eigenvalue weighted by atomic mass is 14.8. The van der Waals surface area contributed by atoms with E-state index in [1.807, 2.05) is 13.1 Å². The molecule has 1 N–H and O–H groups in total. The largest absolute Gasteiger partial charge is 0.319 e. The van der Waals surface area contributed by atoms with Crippen molar-refractivity contribution in [3.05, 3.63) is 60.2 Å². The van der Waals surface area contributed by atoms with Crippen LogP contribution < -0.4 is 5.32 Å². The van der Waals surface area contributed by atoms with E-state index in [4.69, 9.17) is 0 Å². The van der Waals surface area contributed by atoms with Gasteiger partial charge in [-0.05, 0) is 36.7 Å². The highest BCUT2D eigenvalue weighted by Gasteiger charge is 1.96. The van der Waals surface area contributed by atoms with E-state index in [1.54, 1.807) is 0 Å². The van der Waals surface area contributed by atoms with Gasteiger partial charge in [0.25, 0.3) is 0 Å². The van der Waals surface area contributed by atoms with Crippen LogP contribution in [-0.4, -0.2) is 13.6 Å². The second-order valence-electron chi connectivity index (χ2n) is 3.92. The number of hydrogen-bond acceptors (Lipinski definition) is 1. The first-order valence-electron chi connectivity index (χ1n) is 5.69. The normalized spacial score (nSPS) is 10.3. The van der Waals surface area contributed by atoms with Crippen LogP contribution in [0.4, 0.5) is 0 Å². The second kappa shape index (κ2) is 5.47. The zero-order valence-electron chi connectivity index (χ0n) is 9.61. The third kappa shape index (κ3) is 2.71. The van der Waals surface area contributed by atoms with Crippen molar-refractivity contribution in [1.82, 2.24) is 5.32 Å². The summed E-state index contributed by atoms with van der Waals surface area (Å²) in [6.45, 7) is 1.03. The fourth-order valence-corrected chi connectivity index (χ4v) is 1.76. The highest BCUT2D eigenvalue weighted by molar-refractivity contribution is 5.63. The van der Waals surface area contributed by atoms with E-state index in [2.05, 4.69) is 53.8 Å². The van der Waals surface area contributed by atoms with Crippen molar-refractivity contribution in [2.75, 3.05) is 13.6 Å². The Labute approximate surface area is 97.1 Å². The maximum absolute atomic E-state index is 3.16. The second-order valence-corrected chi connectivity index (χ2v) is 3.92. The van der Waals surface area contributed by atoms with Crippen molar-refractivity contribution in [3.8, 4) is 11.1 Å². The quantitative estimate of drug-likeness (QED) is 0.819. The molecule has 0 radical (unpaired) electrons. The number of rotatable bonds is 4. The summed E-state index contributed by atoms with van der Waals surface area (Å²) in [4.78, 5) is 0.